The van der Waals surface area contributed by atoms with Crippen molar-refractivity contribution in [2.45, 2.75) is 38.3 Å². The van der Waals surface area contributed by atoms with Crippen LogP contribution in [0.5, 0.6) is 5.75 Å². The van der Waals surface area contributed by atoms with Crippen LogP contribution in [-0.2, 0) is 26.2 Å². The number of halogens is 2. The summed E-state index contributed by atoms with van der Waals surface area (Å²) in [5.74, 6) is -0.448. The maximum Gasteiger partial charge on any atom is 0.264 e. The SMILES string of the molecule is CCOc1ccc(N(CC(=O)N(Cc2ccc(Cl)cc2Cl)C(C)C(=O)NC)S(=O)(=O)c2ccc(C)cc2)cc1. The Morgan fingerprint density at radius 1 is 1.00 bits per heavy atom. The average molecular weight is 593 g/mol. The number of anilines is 1. The quantitative estimate of drug-likeness (QED) is 0.336. The highest BCUT2D eigenvalue weighted by Crippen LogP contribution is 2.28. The lowest BCUT2D eigenvalue weighted by molar-refractivity contribution is -0.139. The van der Waals surface area contributed by atoms with Gasteiger partial charge in [0.15, 0.2) is 0 Å². The Bertz CT molecular complexity index is 1410. The van der Waals surface area contributed by atoms with Gasteiger partial charge in [0.05, 0.1) is 17.2 Å². The standard InChI is InChI=1S/C28H31Cl2N3O5S/c1-5-38-24-12-10-23(11-13-24)33(39(36,37)25-14-6-19(2)7-15-25)18-27(34)32(20(3)28(35)31-4)17-21-8-9-22(29)16-26(21)30/h6-16,20H,5,17-18H2,1-4H3,(H,31,35). The highest BCUT2D eigenvalue weighted by Gasteiger charge is 2.32. The lowest BCUT2D eigenvalue weighted by Crippen LogP contribution is -2.50. The number of likely N-dealkylation sites (N-methyl/N-ethyl adjacent to an activating group) is 1. The van der Waals surface area contributed by atoms with E-state index in [1.54, 1.807) is 61.5 Å². The maximum atomic E-state index is 13.8. The highest BCUT2D eigenvalue weighted by atomic mass is 35.5. The smallest absolute Gasteiger partial charge is 0.264 e. The first-order valence-corrected chi connectivity index (χ1v) is 14.4. The van der Waals surface area contributed by atoms with Crippen LogP contribution in [0, 0.1) is 6.92 Å². The maximum absolute atomic E-state index is 13.8. The molecule has 208 valence electrons. The van der Waals surface area contributed by atoms with E-state index < -0.39 is 34.4 Å². The number of nitrogens with zero attached hydrogens (tertiary/aromatic N) is 2. The largest absolute Gasteiger partial charge is 0.494 e. The van der Waals surface area contributed by atoms with Gasteiger partial charge >= 0.3 is 0 Å². The number of carbonyl (C=O) groups is 2. The summed E-state index contributed by atoms with van der Waals surface area (Å²) < 4.78 is 34.2. The molecule has 0 aliphatic heterocycles. The molecular weight excluding hydrogens is 561 g/mol. The van der Waals surface area contributed by atoms with Gasteiger partial charge in [-0.25, -0.2) is 8.42 Å². The van der Waals surface area contributed by atoms with E-state index in [1.807, 2.05) is 13.8 Å². The first-order valence-electron chi connectivity index (χ1n) is 12.2. The summed E-state index contributed by atoms with van der Waals surface area (Å²) in [6, 6.07) is 16.7. The molecule has 0 radical (unpaired) electrons. The zero-order chi connectivity index (χ0) is 28.7. The van der Waals surface area contributed by atoms with Crippen LogP contribution in [0.2, 0.25) is 10.0 Å². The number of ether oxygens (including phenoxy) is 1. The van der Waals surface area contributed by atoms with Crippen LogP contribution in [0.3, 0.4) is 0 Å². The van der Waals surface area contributed by atoms with Crippen molar-refractivity contribution < 1.29 is 22.7 Å². The van der Waals surface area contributed by atoms with Crippen LogP contribution in [0.25, 0.3) is 0 Å². The minimum Gasteiger partial charge on any atom is -0.494 e. The lowest BCUT2D eigenvalue weighted by Gasteiger charge is -2.32. The van der Waals surface area contributed by atoms with E-state index in [9.17, 15) is 18.0 Å². The van der Waals surface area contributed by atoms with Crippen molar-refractivity contribution in [2.24, 2.45) is 0 Å². The van der Waals surface area contributed by atoms with E-state index >= 15 is 0 Å². The molecule has 0 bridgehead atoms. The Morgan fingerprint density at radius 3 is 2.21 bits per heavy atom. The summed E-state index contributed by atoms with van der Waals surface area (Å²) in [7, 11) is -2.70. The van der Waals surface area contributed by atoms with Crippen molar-refractivity contribution >= 4 is 50.7 Å². The molecule has 3 aromatic carbocycles. The molecule has 2 amide bonds. The van der Waals surface area contributed by atoms with Gasteiger partial charge in [-0.05, 0) is 74.9 Å². The molecule has 0 spiro atoms. The Balaban J connectivity index is 2.04. The molecule has 0 aliphatic carbocycles. The fourth-order valence-corrected chi connectivity index (χ4v) is 5.75. The van der Waals surface area contributed by atoms with Crippen molar-refractivity contribution in [3.05, 3.63) is 87.9 Å². The van der Waals surface area contributed by atoms with Crippen molar-refractivity contribution in [1.29, 1.82) is 0 Å². The van der Waals surface area contributed by atoms with Gasteiger partial charge in [-0.15, -0.1) is 0 Å². The first kappa shape index (κ1) is 30.3. The molecule has 0 heterocycles. The number of hydrogen-bond acceptors (Lipinski definition) is 5. The molecule has 3 aromatic rings. The summed E-state index contributed by atoms with van der Waals surface area (Å²) in [4.78, 5) is 27.7. The summed E-state index contributed by atoms with van der Waals surface area (Å²) >= 11 is 12.4. The van der Waals surface area contributed by atoms with Crippen LogP contribution in [0.1, 0.15) is 25.0 Å². The summed E-state index contributed by atoms with van der Waals surface area (Å²) in [5.41, 5.74) is 1.71. The molecule has 8 nitrogen and oxygen atoms in total. The molecule has 0 saturated heterocycles. The average Bonchev–Trinajstić information content (AvgIpc) is 2.91. The van der Waals surface area contributed by atoms with Gasteiger partial charge in [0.2, 0.25) is 11.8 Å². The fraction of sp³-hybridized carbons (Fsp3) is 0.286. The van der Waals surface area contributed by atoms with Crippen molar-refractivity contribution in [3.8, 4) is 5.75 Å². The molecule has 0 aliphatic rings. The Kier molecular flexibility index (Phi) is 10.2. The predicted octanol–water partition coefficient (Wildman–Crippen LogP) is 5.06. The molecule has 39 heavy (non-hydrogen) atoms. The van der Waals surface area contributed by atoms with E-state index in [2.05, 4.69) is 5.32 Å². The number of aryl methyl sites for hydroxylation is 1. The van der Waals surface area contributed by atoms with Gasteiger partial charge < -0.3 is 15.0 Å². The topological polar surface area (TPSA) is 96.0 Å². The van der Waals surface area contributed by atoms with Gasteiger partial charge in [0, 0.05) is 23.6 Å². The molecule has 11 heteroatoms. The second kappa shape index (κ2) is 13.2. The monoisotopic (exact) mass is 591 g/mol. The number of sulfonamides is 1. The summed E-state index contributed by atoms with van der Waals surface area (Å²) in [5, 5.41) is 3.28. The van der Waals surface area contributed by atoms with Crippen LogP contribution in [0.4, 0.5) is 5.69 Å². The first-order chi connectivity index (χ1) is 18.5. The molecule has 1 atom stereocenters. The number of amides is 2. The predicted molar refractivity (Wildman–Crippen MR) is 154 cm³/mol. The minimum absolute atomic E-state index is 0.0291. The van der Waals surface area contributed by atoms with E-state index in [-0.39, 0.29) is 17.1 Å². The normalized spacial score (nSPS) is 11.9. The van der Waals surface area contributed by atoms with Gasteiger partial charge in [-0.1, -0.05) is 47.0 Å². The Morgan fingerprint density at radius 2 is 1.64 bits per heavy atom. The van der Waals surface area contributed by atoms with Gasteiger partial charge in [-0.2, -0.15) is 0 Å². The zero-order valence-electron chi connectivity index (χ0n) is 22.1. The second-order valence-corrected chi connectivity index (χ2v) is 11.5. The summed E-state index contributed by atoms with van der Waals surface area (Å²) in [6.07, 6.45) is 0. The van der Waals surface area contributed by atoms with E-state index in [0.29, 0.717) is 28.0 Å². The lowest BCUT2D eigenvalue weighted by atomic mass is 10.1. The molecule has 1 unspecified atom stereocenters. The minimum atomic E-state index is -4.16. The van der Waals surface area contributed by atoms with Gasteiger partial charge in [0.1, 0.15) is 18.3 Å². The summed E-state index contributed by atoms with van der Waals surface area (Å²) in [6.45, 7) is 5.11. The fourth-order valence-electron chi connectivity index (χ4n) is 3.87. The Hall–Kier alpha value is -3.27. The molecule has 0 saturated carbocycles. The second-order valence-electron chi connectivity index (χ2n) is 8.80. The van der Waals surface area contributed by atoms with E-state index in [0.717, 1.165) is 9.87 Å². The number of carbonyl (C=O) groups excluding carboxylic acids is 2. The molecular formula is C28H31Cl2N3O5S. The zero-order valence-corrected chi connectivity index (χ0v) is 24.5. The van der Waals surface area contributed by atoms with E-state index in [1.165, 1.54) is 24.1 Å². The third-order valence-electron chi connectivity index (χ3n) is 6.09. The highest BCUT2D eigenvalue weighted by molar-refractivity contribution is 7.92. The Labute approximate surface area is 239 Å². The third-order valence-corrected chi connectivity index (χ3v) is 8.47. The number of rotatable bonds is 11. The molecule has 0 aromatic heterocycles. The number of hydrogen-bond donors (Lipinski definition) is 1. The van der Waals surface area contributed by atoms with Gasteiger partial charge in [-0.3, -0.25) is 13.9 Å². The van der Waals surface area contributed by atoms with Crippen molar-refractivity contribution in [2.75, 3.05) is 24.5 Å². The third kappa shape index (κ3) is 7.44. The number of nitrogens with one attached hydrogen (secondary N) is 1. The van der Waals surface area contributed by atoms with Crippen molar-refractivity contribution in [3.63, 3.8) is 0 Å². The van der Waals surface area contributed by atoms with Crippen LogP contribution >= 0.6 is 23.2 Å². The van der Waals surface area contributed by atoms with E-state index in [4.69, 9.17) is 27.9 Å². The van der Waals surface area contributed by atoms with Crippen LogP contribution in [-0.4, -0.2) is 51.4 Å². The molecule has 3 rings (SSSR count). The van der Waals surface area contributed by atoms with Crippen molar-refractivity contribution in [1.82, 2.24) is 10.2 Å². The molecule has 0 fully saturated rings. The van der Waals surface area contributed by atoms with Crippen LogP contribution in [0.15, 0.2) is 71.6 Å². The van der Waals surface area contributed by atoms with Crippen LogP contribution < -0.4 is 14.4 Å². The van der Waals surface area contributed by atoms with Gasteiger partial charge in [0.25, 0.3) is 10.0 Å². The number of benzene rings is 3. The molecule has 1 N–H and O–H groups in total.